The van der Waals surface area contributed by atoms with Gasteiger partial charge in [0, 0.05) is 24.2 Å². The molecular weight excluding hydrogens is 434 g/mol. The van der Waals surface area contributed by atoms with E-state index < -0.39 is 5.97 Å². The van der Waals surface area contributed by atoms with E-state index in [1.807, 2.05) is 46.0 Å². The van der Waals surface area contributed by atoms with Gasteiger partial charge < -0.3 is 19.1 Å². The number of amides is 1. The van der Waals surface area contributed by atoms with Crippen molar-refractivity contribution in [2.75, 3.05) is 33.9 Å². The minimum Gasteiger partial charge on any atom is -0.497 e. The Labute approximate surface area is 199 Å². The van der Waals surface area contributed by atoms with Crippen molar-refractivity contribution in [1.29, 1.82) is 0 Å². The molecule has 1 aromatic heterocycles. The molecule has 0 radical (unpaired) electrons. The van der Waals surface area contributed by atoms with E-state index >= 15 is 0 Å². The fourth-order valence-corrected chi connectivity index (χ4v) is 4.21. The molecule has 0 atom stereocenters. The standard InChI is InChI=1S/C26H29N3O5/c1-4-34-26(31)23-17-24(18-8-10-21(32-2)11-9-18)29(27-23)20-12-14-28(15-13-20)25(30)19-6-5-7-22(16-19)33-3/h5-11,16-17,20H,4,12-15H2,1-3H3. The van der Waals surface area contributed by atoms with Gasteiger partial charge >= 0.3 is 5.97 Å². The lowest BCUT2D eigenvalue weighted by atomic mass is 10.0. The van der Waals surface area contributed by atoms with Gasteiger partial charge in [-0.25, -0.2) is 4.79 Å². The van der Waals surface area contributed by atoms with Crippen LogP contribution < -0.4 is 9.47 Å². The van der Waals surface area contributed by atoms with Crippen molar-refractivity contribution in [3.8, 4) is 22.8 Å². The molecule has 8 heteroatoms. The zero-order valence-electron chi connectivity index (χ0n) is 19.7. The Hall–Kier alpha value is -3.81. The average Bonchev–Trinajstić information content (AvgIpc) is 3.34. The predicted molar refractivity (Wildman–Crippen MR) is 127 cm³/mol. The maximum absolute atomic E-state index is 13.0. The minimum absolute atomic E-state index is 0.0135. The molecule has 0 unspecified atom stereocenters. The molecule has 0 aliphatic carbocycles. The van der Waals surface area contributed by atoms with E-state index in [1.54, 1.807) is 39.3 Å². The minimum atomic E-state index is -0.443. The molecular formula is C26H29N3O5. The van der Waals surface area contributed by atoms with Gasteiger partial charge in [-0.1, -0.05) is 6.07 Å². The maximum atomic E-state index is 13.0. The summed E-state index contributed by atoms with van der Waals surface area (Å²) in [6.07, 6.45) is 1.45. The molecule has 1 aliphatic heterocycles. The van der Waals surface area contributed by atoms with Gasteiger partial charge in [0.25, 0.3) is 5.91 Å². The van der Waals surface area contributed by atoms with Crippen molar-refractivity contribution in [1.82, 2.24) is 14.7 Å². The molecule has 2 aromatic carbocycles. The van der Waals surface area contributed by atoms with Crippen molar-refractivity contribution >= 4 is 11.9 Å². The van der Waals surface area contributed by atoms with Gasteiger partial charge in [0.2, 0.25) is 0 Å². The highest BCUT2D eigenvalue weighted by atomic mass is 16.5. The Morgan fingerprint density at radius 3 is 2.32 bits per heavy atom. The molecule has 34 heavy (non-hydrogen) atoms. The van der Waals surface area contributed by atoms with E-state index in [9.17, 15) is 9.59 Å². The molecule has 0 N–H and O–H groups in total. The van der Waals surface area contributed by atoms with E-state index in [1.165, 1.54) is 0 Å². The Balaban J connectivity index is 1.55. The third-order valence-corrected chi connectivity index (χ3v) is 6.02. The lowest BCUT2D eigenvalue weighted by Gasteiger charge is -2.33. The molecule has 2 heterocycles. The van der Waals surface area contributed by atoms with Crippen molar-refractivity contribution in [3.63, 3.8) is 0 Å². The number of likely N-dealkylation sites (tertiary alicyclic amines) is 1. The van der Waals surface area contributed by atoms with Crippen LogP contribution in [0.4, 0.5) is 0 Å². The molecule has 1 fully saturated rings. The fraction of sp³-hybridized carbons (Fsp3) is 0.346. The summed E-state index contributed by atoms with van der Waals surface area (Å²) in [5.41, 5.74) is 2.66. The number of hydrogen-bond donors (Lipinski definition) is 0. The molecule has 0 bridgehead atoms. The van der Waals surface area contributed by atoms with Gasteiger partial charge in [0.05, 0.1) is 32.6 Å². The summed E-state index contributed by atoms with van der Waals surface area (Å²) >= 11 is 0. The molecule has 8 nitrogen and oxygen atoms in total. The van der Waals surface area contributed by atoms with Crippen LogP contribution in [0.25, 0.3) is 11.3 Å². The molecule has 1 aliphatic rings. The van der Waals surface area contributed by atoms with E-state index in [2.05, 4.69) is 5.10 Å². The Bertz CT molecular complexity index is 1150. The first-order valence-electron chi connectivity index (χ1n) is 11.4. The van der Waals surface area contributed by atoms with Gasteiger partial charge in [-0.05, 0) is 68.3 Å². The summed E-state index contributed by atoms with van der Waals surface area (Å²) in [4.78, 5) is 27.2. The van der Waals surface area contributed by atoms with Crippen molar-refractivity contribution < 1.29 is 23.8 Å². The second-order valence-corrected chi connectivity index (χ2v) is 8.06. The SMILES string of the molecule is CCOC(=O)c1cc(-c2ccc(OC)cc2)n(C2CCN(C(=O)c3cccc(OC)c3)CC2)n1. The van der Waals surface area contributed by atoms with Crippen LogP contribution in [-0.4, -0.2) is 60.5 Å². The first kappa shape index (κ1) is 23.4. The summed E-state index contributed by atoms with van der Waals surface area (Å²) in [6.45, 7) is 3.25. The van der Waals surface area contributed by atoms with E-state index in [4.69, 9.17) is 14.2 Å². The smallest absolute Gasteiger partial charge is 0.358 e. The second-order valence-electron chi connectivity index (χ2n) is 8.06. The third-order valence-electron chi connectivity index (χ3n) is 6.02. The highest BCUT2D eigenvalue weighted by Gasteiger charge is 2.28. The van der Waals surface area contributed by atoms with Crippen molar-refractivity contribution in [2.24, 2.45) is 0 Å². The van der Waals surface area contributed by atoms with Crippen LogP contribution in [0.5, 0.6) is 11.5 Å². The van der Waals surface area contributed by atoms with Crippen LogP contribution in [0.3, 0.4) is 0 Å². The van der Waals surface area contributed by atoms with Crippen LogP contribution in [0.15, 0.2) is 54.6 Å². The van der Waals surface area contributed by atoms with Gasteiger partial charge in [0.15, 0.2) is 5.69 Å². The normalized spacial score (nSPS) is 14.0. The highest BCUT2D eigenvalue weighted by Crippen LogP contribution is 2.31. The van der Waals surface area contributed by atoms with Crippen molar-refractivity contribution in [3.05, 3.63) is 65.9 Å². The lowest BCUT2D eigenvalue weighted by molar-refractivity contribution is 0.0517. The summed E-state index contributed by atoms with van der Waals surface area (Å²) in [7, 11) is 3.21. The Morgan fingerprint density at radius 2 is 1.68 bits per heavy atom. The van der Waals surface area contributed by atoms with Crippen LogP contribution in [0.1, 0.15) is 46.7 Å². The van der Waals surface area contributed by atoms with E-state index in [0.717, 1.165) is 29.8 Å². The quantitative estimate of drug-likeness (QED) is 0.488. The van der Waals surface area contributed by atoms with Crippen LogP contribution in [0.2, 0.25) is 0 Å². The first-order chi connectivity index (χ1) is 16.5. The Morgan fingerprint density at radius 1 is 0.971 bits per heavy atom. The molecule has 1 amide bonds. The number of rotatable bonds is 7. The molecule has 1 saturated heterocycles. The molecule has 178 valence electrons. The number of methoxy groups -OCH3 is 2. The van der Waals surface area contributed by atoms with E-state index in [-0.39, 0.29) is 24.2 Å². The van der Waals surface area contributed by atoms with Gasteiger partial charge in [-0.3, -0.25) is 9.48 Å². The van der Waals surface area contributed by atoms with Crippen molar-refractivity contribution in [2.45, 2.75) is 25.8 Å². The van der Waals surface area contributed by atoms with Gasteiger partial charge in [-0.2, -0.15) is 5.10 Å². The number of ether oxygens (including phenoxy) is 3. The van der Waals surface area contributed by atoms with Crippen LogP contribution in [-0.2, 0) is 4.74 Å². The largest absolute Gasteiger partial charge is 0.497 e. The molecule has 0 spiro atoms. The van der Waals surface area contributed by atoms with E-state index in [0.29, 0.717) is 24.4 Å². The molecule has 3 aromatic rings. The zero-order chi connectivity index (χ0) is 24.1. The number of benzene rings is 2. The summed E-state index contributed by atoms with van der Waals surface area (Å²) in [5.74, 6) is 0.958. The average molecular weight is 464 g/mol. The lowest BCUT2D eigenvalue weighted by Crippen LogP contribution is -2.39. The fourth-order valence-electron chi connectivity index (χ4n) is 4.21. The number of esters is 1. The monoisotopic (exact) mass is 463 g/mol. The number of nitrogens with zero attached hydrogens (tertiary/aromatic N) is 3. The van der Waals surface area contributed by atoms with Gasteiger partial charge in [-0.15, -0.1) is 0 Å². The number of carbonyl (C=O) groups is 2. The maximum Gasteiger partial charge on any atom is 0.358 e. The van der Waals surface area contributed by atoms with Crippen LogP contribution >= 0.6 is 0 Å². The Kier molecular flexibility index (Phi) is 7.15. The third kappa shape index (κ3) is 4.90. The van der Waals surface area contributed by atoms with Crippen LogP contribution in [0, 0.1) is 0 Å². The summed E-state index contributed by atoms with van der Waals surface area (Å²) in [6, 6.07) is 16.7. The predicted octanol–water partition coefficient (Wildman–Crippen LogP) is 4.22. The zero-order valence-corrected chi connectivity index (χ0v) is 19.7. The summed E-state index contributed by atoms with van der Waals surface area (Å²) in [5, 5.41) is 4.61. The highest BCUT2D eigenvalue weighted by molar-refractivity contribution is 5.94. The number of aromatic nitrogens is 2. The second kappa shape index (κ2) is 10.4. The number of carbonyl (C=O) groups excluding carboxylic acids is 2. The molecule has 4 rings (SSSR count). The first-order valence-corrected chi connectivity index (χ1v) is 11.4. The topological polar surface area (TPSA) is 82.9 Å². The molecule has 0 saturated carbocycles. The summed E-state index contributed by atoms with van der Waals surface area (Å²) < 4.78 is 17.6. The number of piperidine rings is 1. The van der Waals surface area contributed by atoms with Gasteiger partial charge in [0.1, 0.15) is 11.5 Å². The number of hydrogen-bond acceptors (Lipinski definition) is 6.